The van der Waals surface area contributed by atoms with Gasteiger partial charge in [-0.1, -0.05) is 68.3 Å². The van der Waals surface area contributed by atoms with Crippen LogP contribution in [-0.2, 0) is 0 Å². The highest BCUT2D eigenvalue weighted by Crippen LogP contribution is 2.23. The summed E-state index contributed by atoms with van der Waals surface area (Å²) in [6, 6.07) is 29.8. The van der Waals surface area contributed by atoms with Crippen LogP contribution in [0.4, 0.5) is 0 Å². The lowest BCUT2D eigenvalue weighted by atomic mass is 9.99. The Labute approximate surface area is 214 Å². The summed E-state index contributed by atoms with van der Waals surface area (Å²) in [7, 11) is 1.65. The Bertz CT molecular complexity index is 1220. The average Bonchev–Trinajstić information content (AvgIpc) is 2.85. The quantitative estimate of drug-likeness (QED) is 0.175. The van der Waals surface area contributed by atoms with Crippen LogP contribution in [0.1, 0.15) is 26.3 Å². The van der Waals surface area contributed by atoms with E-state index in [1.807, 2.05) is 72.8 Å². The predicted molar refractivity (Wildman–Crippen MR) is 140 cm³/mol. The third-order valence-electron chi connectivity index (χ3n) is 4.75. The molecule has 0 saturated carbocycles. The Morgan fingerprint density at radius 2 is 0.970 bits per heavy atom. The second kappa shape index (κ2) is 11.9. The molecule has 0 radical (unpaired) electrons. The summed E-state index contributed by atoms with van der Waals surface area (Å²) in [5.74, 6) is 0.856. The topological polar surface area (TPSA) is 43.4 Å². The SMILES string of the molecule is COc1ccc(-c2ccc(C(=O)c3ccc(Br)cc3)cc2)cc1.O=C(Cl)c1ccc(Br)cc1. The molecule has 0 spiro atoms. The van der Waals surface area contributed by atoms with Crippen LogP contribution in [0.15, 0.2) is 106 Å². The molecule has 0 bridgehead atoms. The molecule has 4 aromatic carbocycles. The molecule has 33 heavy (non-hydrogen) atoms. The van der Waals surface area contributed by atoms with Gasteiger partial charge in [-0.25, -0.2) is 0 Å². The first-order chi connectivity index (χ1) is 15.9. The molecule has 0 unspecified atom stereocenters. The molecule has 0 saturated heterocycles. The first-order valence-electron chi connectivity index (χ1n) is 9.87. The number of rotatable bonds is 5. The Morgan fingerprint density at radius 3 is 1.36 bits per heavy atom. The van der Waals surface area contributed by atoms with Crippen LogP contribution in [0.25, 0.3) is 11.1 Å². The molecule has 0 heterocycles. The van der Waals surface area contributed by atoms with Gasteiger partial charge in [-0.2, -0.15) is 0 Å². The Hall–Kier alpha value is -2.73. The van der Waals surface area contributed by atoms with E-state index in [-0.39, 0.29) is 5.78 Å². The van der Waals surface area contributed by atoms with Crippen molar-refractivity contribution in [3.8, 4) is 16.9 Å². The molecule has 4 aromatic rings. The van der Waals surface area contributed by atoms with Gasteiger partial charge in [0, 0.05) is 25.6 Å². The van der Waals surface area contributed by atoms with Crippen molar-refractivity contribution in [2.45, 2.75) is 0 Å². The normalized spacial score (nSPS) is 10.1. The maximum Gasteiger partial charge on any atom is 0.252 e. The van der Waals surface area contributed by atoms with Gasteiger partial charge >= 0.3 is 0 Å². The summed E-state index contributed by atoms with van der Waals surface area (Å²) < 4.78 is 7.07. The van der Waals surface area contributed by atoms with Crippen LogP contribution in [0, 0.1) is 0 Å². The minimum atomic E-state index is -0.424. The van der Waals surface area contributed by atoms with Gasteiger partial charge in [0.05, 0.1) is 7.11 Å². The van der Waals surface area contributed by atoms with E-state index in [0.29, 0.717) is 16.7 Å². The summed E-state index contributed by atoms with van der Waals surface area (Å²) in [5.41, 5.74) is 4.05. The highest BCUT2D eigenvalue weighted by Gasteiger charge is 2.09. The number of hydrogen-bond acceptors (Lipinski definition) is 3. The summed E-state index contributed by atoms with van der Waals surface area (Å²) in [5, 5.41) is -0.424. The van der Waals surface area contributed by atoms with E-state index in [9.17, 15) is 9.59 Å². The molecule has 0 aliphatic heterocycles. The molecular weight excluding hydrogens is 568 g/mol. The van der Waals surface area contributed by atoms with Gasteiger partial charge in [0.1, 0.15) is 5.75 Å². The largest absolute Gasteiger partial charge is 0.497 e. The smallest absolute Gasteiger partial charge is 0.252 e. The van der Waals surface area contributed by atoms with Crippen molar-refractivity contribution in [1.82, 2.24) is 0 Å². The van der Waals surface area contributed by atoms with Crippen molar-refractivity contribution in [3.63, 3.8) is 0 Å². The van der Waals surface area contributed by atoms with Crippen LogP contribution in [0.3, 0.4) is 0 Å². The van der Waals surface area contributed by atoms with Gasteiger partial charge < -0.3 is 4.74 Å². The van der Waals surface area contributed by atoms with Gasteiger partial charge in [-0.15, -0.1) is 0 Å². The minimum absolute atomic E-state index is 0.0266. The highest BCUT2D eigenvalue weighted by molar-refractivity contribution is 9.10. The maximum absolute atomic E-state index is 12.5. The number of methoxy groups -OCH3 is 1. The zero-order valence-corrected chi connectivity index (χ0v) is 21.5. The lowest BCUT2D eigenvalue weighted by Gasteiger charge is -2.06. The fourth-order valence-electron chi connectivity index (χ4n) is 2.95. The van der Waals surface area contributed by atoms with E-state index >= 15 is 0 Å². The highest BCUT2D eigenvalue weighted by atomic mass is 79.9. The number of ether oxygens (including phenoxy) is 1. The summed E-state index contributed by atoms with van der Waals surface area (Å²) >= 11 is 11.8. The second-order valence-corrected chi connectivity index (χ2v) is 9.10. The molecule has 0 N–H and O–H groups in total. The fourth-order valence-corrected chi connectivity index (χ4v) is 3.60. The third kappa shape index (κ3) is 7.13. The van der Waals surface area contributed by atoms with Crippen molar-refractivity contribution >= 4 is 54.5 Å². The zero-order valence-electron chi connectivity index (χ0n) is 17.6. The first kappa shape index (κ1) is 24.9. The number of hydrogen-bond donors (Lipinski definition) is 0. The van der Waals surface area contributed by atoms with E-state index in [2.05, 4.69) is 31.9 Å². The molecule has 166 valence electrons. The number of ketones is 1. The second-order valence-electron chi connectivity index (χ2n) is 6.92. The average molecular weight is 587 g/mol. The number of halogens is 3. The molecule has 0 atom stereocenters. The number of benzene rings is 4. The lowest BCUT2D eigenvalue weighted by molar-refractivity contribution is 0.103. The molecule has 0 aromatic heterocycles. The van der Waals surface area contributed by atoms with E-state index in [1.54, 1.807) is 31.4 Å². The molecule has 3 nitrogen and oxygen atoms in total. The Balaban J connectivity index is 0.000000257. The molecule has 6 heteroatoms. The van der Waals surface area contributed by atoms with Crippen LogP contribution >= 0.6 is 43.5 Å². The van der Waals surface area contributed by atoms with Crippen molar-refractivity contribution in [1.29, 1.82) is 0 Å². The van der Waals surface area contributed by atoms with E-state index in [0.717, 1.165) is 25.8 Å². The number of carbonyl (C=O) groups excluding carboxylic acids is 2. The lowest BCUT2D eigenvalue weighted by Crippen LogP contribution is -2.00. The van der Waals surface area contributed by atoms with Gasteiger partial charge in [0.15, 0.2) is 5.78 Å². The van der Waals surface area contributed by atoms with Crippen molar-refractivity contribution in [3.05, 3.63) is 123 Å². The minimum Gasteiger partial charge on any atom is -0.497 e. The summed E-state index contributed by atoms with van der Waals surface area (Å²) in [4.78, 5) is 23.0. The zero-order chi connectivity index (χ0) is 23.8. The van der Waals surface area contributed by atoms with Crippen molar-refractivity contribution in [2.24, 2.45) is 0 Å². The summed E-state index contributed by atoms with van der Waals surface area (Å²) in [6.45, 7) is 0. The van der Waals surface area contributed by atoms with E-state index < -0.39 is 5.24 Å². The van der Waals surface area contributed by atoms with Crippen LogP contribution in [-0.4, -0.2) is 18.1 Å². The van der Waals surface area contributed by atoms with Crippen molar-refractivity contribution < 1.29 is 14.3 Å². The van der Waals surface area contributed by atoms with E-state index in [1.165, 1.54) is 0 Å². The van der Waals surface area contributed by atoms with Crippen molar-refractivity contribution in [2.75, 3.05) is 7.11 Å². The standard InChI is InChI=1S/C20H15BrO2.C7H4BrClO/c1-23-19-12-8-15(9-13-19)14-2-4-16(5-3-14)20(22)17-6-10-18(21)11-7-17;8-6-3-1-5(2-4-6)7(9)10/h2-13H,1H3;1-4H. The molecule has 0 amide bonds. The summed E-state index contributed by atoms with van der Waals surface area (Å²) in [6.07, 6.45) is 0. The Morgan fingerprint density at radius 1 is 0.606 bits per heavy atom. The molecule has 0 aliphatic rings. The van der Waals surface area contributed by atoms with Gasteiger partial charge in [0.2, 0.25) is 0 Å². The Kier molecular flexibility index (Phi) is 9.01. The predicted octanol–water partition coefficient (Wildman–Crippen LogP) is 8.18. The first-order valence-corrected chi connectivity index (χ1v) is 11.8. The third-order valence-corrected chi connectivity index (χ3v) is 6.02. The fraction of sp³-hybridized carbons (Fsp3) is 0.0370. The van der Waals surface area contributed by atoms with Crippen LogP contribution < -0.4 is 4.74 Å². The monoisotopic (exact) mass is 584 g/mol. The van der Waals surface area contributed by atoms with Gasteiger partial charge in [-0.3, -0.25) is 9.59 Å². The van der Waals surface area contributed by atoms with Gasteiger partial charge in [-0.05, 0) is 83.4 Å². The molecular formula is C27H19Br2ClO3. The molecule has 4 rings (SSSR count). The molecule has 0 aliphatic carbocycles. The number of carbonyl (C=O) groups is 2. The molecule has 0 fully saturated rings. The van der Waals surface area contributed by atoms with Gasteiger partial charge in [0.25, 0.3) is 5.24 Å². The van der Waals surface area contributed by atoms with Crippen LogP contribution in [0.5, 0.6) is 5.75 Å². The maximum atomic E-state index is 12.5. The van der Waals surface area contributed by atoms with E-state index in [4.69, 9.17) is 16.3 Å². The van der Waals surface area contributed by atoms with Crippen LogP contribution in [0.2, 0.25) is 0 Å².